The number of rotatable bonds is 4. The number of hydrogen-bond donors (Lipinski definition) is 1. The minimum Gasteiger partial charge on any atom is -0.348 e. The fourth-order valence-electron chi connectivity index (χ4n) is 1.78. The van der Waals surface area contributed by atoms with Gasteiger partial charge >= 0.3 is 0 Å². The predicted molar refractivity (Wildman–Crippen MR) is 79.1 cm³/mol. The van der Waals surface area contributed by atoms with Gasteiger partial charge in [-0.1, -0.05) is 41.4 Å². The highest BCUT2D eigenvalue weighted by molar-refractivity contribution is 6.31. The van der Waals surface area contributed by atoms with E-state index in [0.29, 0.717) is 11.4 Å². The molecule has 0 saturated carbocycles. The monoisotopic (exact) mass is 309 g/mol. The molecule has 0 bridgehead atoms. The van der Waals surface area contributed by atoms with Crippen LogP contribution in [0.2, 0.25) is 10.2 Å². The van der Waals surface area contributed by atoms with E-state index in [9.17, 15) is 4.79 Å². The third-order valence-electron chi connectivity index (χ3n) is 2.73. The number of amides is 1. The molecule has 2 rings (SSSR count). The lowest BCUT2D eigenvalue weighted by atomic mass is 10.1. The fraction of sp³-hybridized carbons (Fsp3) is 0.214. The summed E-state index contributed by atoms with van der Waals surface area (Å²) < 4.78 is 0. The summed E-state index contributed by atoms with van der Waals surface area (Å²) in [4.78, 5) is 12.0. The zero-order valence-corrected chi connectivity index (χ0v) is 12.3. The zero-order valence-electron chi connectivity index (χ0n) is 10.8. The number of hydrogen-bond acceptors (Lipinski definition) is 3. The minimum atomic E-state index is -0.284. The Morgan fingerprint density at radius 2 is 1.95 bits per heavy atom. The van der Waals surface area contributed by atoms with Gasteiger partial charge in [0.15, 0.2) is 10.8 Å². The number of aromatic nitrogens is 2. The van der Waals surface area contributed by atoms with Gasteiger partial charge in [0.25, 0.3) is 5.91 Å². The molecule has 1 N–H and O–H groups in total. The topological polar surface area (TPSA) is 54.9 Å². The maximum absolute atomic E-state index is 12.0. The van der Waals surface area contributed by atoms with Gasteiger partial charge < -0.3 is 5.32 Å². The molecule has 4 nitrogen and oxygen atoms in total. The fourth-order valence-corrected chi connectivity index (χ4v) is 2.09. The average molecular weight is 310 g/mol. The van der Waals surface area contributed by atoms with Crippen molar-refractivity contribution in [3.8, 4) is 0 Å². The Labute approximate surface area is 127 Å². The number of carbonyl (C=O) groups is 1. The molecule has 0 saturated heterocycles. The van der Waals surface area contributed by atoms with Gasteiger partial charge in [-0.05, 0) is 37.1 Å². The van der Waals surface area contributed by atoms with Gasteiger partial charge in [-0.25, -0.2) is 0 Å². The molecule has 1 amide bonds. The van der Waals surface area contributed by atoms with Crippen molar-refractivity contribution in [2.24, 2.45) is 0 Å². The van der Waals surface area contributed by atoms with Crippen LogP contribution < -0.4 is 5.32 Å². The predicted octanol–water partition coefficient (Wildman–Crippen LogP) is 3.14. The zero-order chi connectivity index (χ0) is 14.5. The summed E-state index contributed by atoms with van der Waals surface area (Å²) >= 11 is 11.7. The summed E-state index contributed by atoms with van der Waals surface area (Å²) in [5, 5.41) is 11.2. The van der Waals surface area contributed by atoms with Crippen molar-refractivity contribution in [1.29, 1.82) is 0 Å². The lowest BCUT2D eigenvalue weighted by Gasteiger charge is -2.14. The molecular weight excluding hydrogens is 297 g/mol. The van der Waals surface area contributed by atoms with Crippen LogP contribution in [-0.2, 0) is 6.42 Å². The Bertz CT molecular complexity index is 602. The lowest BCUT2D eigenvalue weighted by molar-refractivity contribution is 0.0934. The highest BCUT2D eigenvalue weighted by Gasteiger charge is 2.13. The molecule has 2 aromatic rings. The highest BCUT2D eigenvalue weighted by Crippen LogP contribution is 2.16. The van der Waals surface area contributed by atoms with Crippen molar-refractivity contribution < 1.29 is 4.79 Å². The molecule has 104 valence electrons. The largest absolute Gasteiger partial charge is 0.348 e. The molecule has 6 heteroatoms. The Balaban J connectivity index is 1.98. The summed E-state index contributed by atoms with van der Waals surface area (Å²) in [5.41, 5.74) is 1.23. The van der Waals surface area contributed by atoms with Crippen molar-refractivity contribution in [1.82, 2.24) is 15.5 Å². The molecule has 20 heavy (non-hydrogen) atoms. The van der Waals surface area contributed by atoms with Gasteiger partial charge in [0.1, 0.15) is 0 Å². The highest BCUT2D eigenvalue weighted by atomic mass is 35.5. The van der Waals surface area contributed by atoms with Crippen LogP contribution in [0.3, 0.4) is 0 Å². The summed E-state index contributed by atoms with van der Waals surface area (Å²) in [6, 6.07) is 10.6. The first-order valence-corrected chi connectivity index (χ1v) is 6.85. The Morgan fingerprint density at radius 3 is 2.60 bits per heavy atom. The normalized spacial score (nSPS) is 11.9. The lowest BCUT2D eigenvalue weighted by Crippen LogP contribution is -2.34. The molecule has 1 aromatic carbocycles. The first kappa shape index (κ1) is 14.8. The first-order chi connectivity index (χ1) is 9.56. The second-order valence-corrected chi connectivity index (χ2v) is 5.21. The third kappa shape index (κ3) is 3.92. The number of carbonyl (C=O) groups excluding carboxylic acids is 1. The minimum absolute atomic E-state index is 0.0696. The van der Waals surface area contributed by atoms with E-state index in [1.807, 2.05) is 31.2 Å². The molecule has 0 fully saturated rings. The van der Waals surface area contributed by atoms with E-state index in [4.69, 9.17) is 23.2 Å². The molecule has 0 spiro atoms. The van der Waals surface area contributed by atoms with Crippen molar-refractivity contribution >= 4 is 29.1 Å². The summed E-state index contributed by atoms with van der Waals surface area (Å²) in [7, 11) is 0. The van der Waals surface area contributed by atoms with E-state index in [-0.39, 0.29) is 22.8 Å². The van der Waals surface area contributed by atoms with Crippen LogP contribution in [0.15, 0.2) is 36.4 Å². The standard InChI is InChI=1S/C14H13Cl2N3O/c1-9(8-10-4-2-3-5-11(10)15)17-14(20)12-6-7-13(16)19-18-12/h2-7,9H,8H2,1H3,(H,17,20). The van der Waals surface area contributed by atoms with E-state index in [0.717, 1.165) is 5.56 Å². The maximum atomic E-state index is 12.0. The van der Waals surface area contributed by atoms with Crippen LogP contribution in [0.1, 0.15) is 23.0 Å². The first-order valence-electron chi connectivity index (χ1n) is 6.10. The van der Waals surface area contributed by atoms with Gasteiger partial charge in [-0.15, -0.1) is 10.2 Å². The van der Waals surface area contributed by atoms with Gasteiger partial charge in [0.05, 0.1) is 0 Å². The van der Waals surface area contributed by atoms with E-state index in [1.165, 1.54) is 12.1 Å². The number of nitrogens with one attached hydrogen (secondary N) is 1. The van der Waals surface area contributed by atoms with Crippen molar-refractivity contribution in [2.75, 3.05) is 0 Å². The molecule has 1 atom stereocenters. The molecule has 0 aliphatic carbocycles. The van der Waals surface area contributed by atoms with Crippen LogP contribution in [0, 0.1) is 0 Å². The molecule has 0 radical (unpaired) electrons. The van der Waals surface area contributed by atoms with E-state index >= 15 is 0 Å². The smallest absolute Gasteiger partial charge is 0.272 e. The Hall–Kier alpha value is -1.65. The summed E-state index contributed by atoms with van der Waals surface area (Å²) in [6.07, 6.45) is 0.645. The SMILES string of the molecule is CC(Cc1ccccc1Cl)NC(=O)c1ccc(Cl)nn1. The number of benzene rings is 1. The van der Waals surface area contributed by atoms with Crippen LogP contribution in [0.4, 0.5) is 0 Å². The third-order valence-corrected chi connectivity index (χ3v) is 3.30. The molecule has 1 aromatic heterocycles. The van der Waals surface area contributed by atoms with Crippen LogP contribution in [0.25, 0.3) is 0 Å². The van der Waals surface area contributed by atoms with Crippen molar-refractivity contribution in [3.63, 3.8) is 0 Å². The second kappa shape index (κ2) is 6.68. The van der Waals surface area contributed by atoms with E-state index < -0.39 is 0 Å². The van der Waals surface area contributed by atoms with Crippen molar-refractivity contribution in [3.05, 3.63) is 57.8 Å². The second-order valence-electron chi connectivity index (χ2n) is 4.41. The van der Waals surface area contributed by atoms with Crippen LogP contribution in [0.5, 0.6) is 0 Å². The number of halogens is 2. The molecule has 0 aliphatic rings. The molecule has 1 heterocycles. The van der Waals surface area contributed by atoms with E-state index in [1.54, 1.807) is 0 Å². The molecular formula is C14H13Cl2N3O. The quantitative estimate of drug-likeness (QED) is 0.944. The summed E-state index contributed by atoms with van der Waals surface area (Å²) in [5.74, 6) is -0.284. The number of nitrogens with zero attached hydrogens (tertiary/aromatic N) is 2. The summed E-state index contributed by atoms with van der Waals surface area (Å²) in [6.45, 7) is 1.91. The Kier molecular flexibility index (Phi) is 4.93. The Morgan fingerprint density at radius 1 is 1.20 bits per heavy atom. The van der Waals surface area contributed by atoms with Crippen LogP contribution >= 0.6 is 23.2 Å². The van der Waals surface area contributed by atoms with Gasteiger partial charge in [-0.2, -0.15) is 0 Å². The molecule has 1 unspecified atom stereocenters. The van der Waals surface area contributed by atoms with Gasteiger partial charge in [0, 0.05) is 11.1 Å². The van der Waals surface area contributed by atoms with Gasteiger partial charge in [0.2, 0.25) is 0 Å². The van der Waals surface area contributed by atoms with Crippen molar-refractivity contribution in [2.45, 2.75) is 19.4 Å². The van der Waals surface area contributed by atoms with E-state index in [2.05, 4.69) is 15.5 Å². The molecule has 0 aliphatic heterocycles. The average Bonchev–Trinajstić information content (AvgIpc) is 2.42. The van der Waals surface area contributed by atoms with Gasteiger partial charge in [-0.3, -0.25) is 4.79 Å². The maximum Gasteiger partial charge on any atom is 0.272 e. The van der Waals surface area contributed by atoms with Crippen LogP contribution in [-0.4, -0.2) is 22.1 Å².